The first kappa shape index (κ1) is 14.2. The Morgan fingerprint density at radius 3 is 3.05 bits per heavy atom. The summed E-state index contributed by atoms with van der Waals surface area (Å²) < 4.78 is 5.60. The molecule has 0 radical (unpaired) electrons. The number of benzene rings is 1. The molecule has 0 aliphatic carbocycles. The quantitative estimate of drug-likeness (QED) is 0.834. The molecule has 2 unspecified atom stereocenters. The van der Waals surface area contributed by atoms with Crippen LogP contribution < -0.4 is 11.1 Å². The van der Waals surface area contributed by atoms with Crippen LogP contribution in [0.3, 0.4) is 0 Å². The average Bonchev–Trinajstić information content (AvgIpc) is 2.86. The van der Waals surface area contributed by atoms with Gasteiger partial charge in [-0.3, -0.25) is 4.79 Å². The highest BCUT2D eigenvalue weighted by Gasteiger charge is 2.26. The van der Waals surface area contributed by atoms with Gasteiger partial charge >= 0.3 is 0 Å². The topological polar surface area (TPSA) is 64.3 Å². The predicted octanol–water partition coefficient (Wildman–Crippen LogP) is 2.47. The second kappa shape index (κ2) is 6.26. The number of rotatable bonds is 4. The highest BCUT2D eigenvalue weighted by molar-refractivity contribution is 6.33. The molecule has 3 N–H and O–H groups in total. The van der Waals surface area contributed by atoms with Crippen LogP contribution in [0.15, 0.2) is 18.2 Å². The number of halogens is 1. The molecule has 2 rings (SSSR count). The second-order valence-corrected chi connectivity index (χ2v) is 5.22. The van der Waals surface area contributed by atoms with Gasteiger partial charge in [-0.15, -0.1) is 0 Å². The summed E-state index contributed by atoms with van der Waals surface area (Å²) >= 11 is 5.91. The first-order valence-electron chi connectivity index (χ1n) is 6.56. The SMILES string of the molecule is CCC1OCCC1CNC(=O)c1ccc(N)c(Cl)c1. The summed E-state index contributed by atoms with van der Waals surface area (Å²) in [5, 5.41) is 3.34. The minimum absolute atomic E-state index is 0.122. The highest BCUT2D eigenvalue weighted by atomic mass is 35.5. The third kappa shape index (κ3) is 3.39. The molecule has 0 bridgehead atoms. The van der Waals surface area contributed by atoms with Crippen LogP contribution in [0.5, 0.6) is 0 Å². The van der Waals surface area contributed by atoms with E-state index in [2.05, 4.69) is 12.2 Å². The molecule has 0 spiro atoms. The number of carbonyl (C=O) groups is 1. The fraction of sp³-hybridized carbons (Fsp3) is 0.500. The number of hydrogen-bond donors (Lipinski definition) is 2. The molecule has 5 heteroatoms. The maximum absolute atomic E-state index is 12.0. The molecule has 19 heavy (non-hydrogen) atoms. The van der Waals surface area contributed by atoms with Crippen LogP contribution in [0.2, 0.25) is 5.02 Å². The zero-order chi connectivity index (χ0) is 13.8. The fourth-order valence-electron chi connectivity index (χ4n) is 2.37. The Balaban J connectivity index is 1.92. The van der Waals surface area contributed by atoms with Gasteiger partial charge in [-0.2, -0.15) is 0 Å². The Kier molecular flexibility index (Phi) is 4.66. The number of nitrogen functional groups attached to an aromatic ring is 1. The number of anilines is 1. The third-order valence-corrected chi connectivity index (χ3v) is 3.86. The Bertz CT molecular complexity index is 465. The summed E-state index contributed by atoms with van der Waals surface area (Å²) in [5.74, 6) is 0.279. The number of ether oxygens (including phenoxy) is 1. The lowest BCUT2D eigenvalue weighted by atomic mass is 9.99. The van der Waals surface area contributed by atoms with E-state index < -0.39 is 0 Å². The molecule has 1 amide bonds. The van der Waals surface area contributed by atoms with Crippen molar-refractivity contribution in [2.75, 3.05) is 18.9 Å². The normalized spacial score (nSPS) is 22.4. The van der Waals surface area contributed by atoms with Gasteiger partial charge in [-0.1, -0.05) is 18.5 Å². The zero-order valence-corrected chi connectivity index (χ0v) is 11.7. The largest absolute Gasteiger partial charge is 0.398 e. The van der Waals surface area contributed by atoms with Gasteiger partial charge in [0.15, 0.2) is 0 Å². The molecule has 0 aromatic heterocycles. The minimum Gasteiger partial charge on any atom is -0.398 e. The molecule has 1 aliphatic heterocycles. The van der Waals surface area contributed by atoms with Crippen molar-refractivity contribution in [3.05, 3.63) is 28.8 Å². The van der Waals surface area contributed by atoms with Gasteiger partial charge in [0.25, 0.3) is 5.91 Å². The van der Waals surface area contributed by atoms with Crippen molar-refractivity contribution >= 4 is 23.2 Å². The van der Waals surface area contributed by atoms with E-state index in [0.29, 0.717) is 28.7 Å². The maximum atomic E-state index is 12.0. The first-order valence-corrected chi connectivity index (χ1v) is 6.94. The predicted molar refractivity (Wildman–Crippen MR) is 76.3 cm³/mol. The monoisotopic (exact) mass is 282 g/mol. The molecule has 1 aromatic carbocycles. The Hall–Kier alpha value is -1.26. The van der Waals surface area contributed by atoms with Crippen LogP contribution in [0, 0.1) is 5.92 Å². The number of nitrogens with one attached hydrogen (secondary N) is 1. The Morgan fingerprint density at radius 1 is 1.58 bits per heavy atom. The van der Waals surface area contributed by atoms with Crippen molar-refractivity contribution in [3.8, 4) is 0 Å². The molecular formula is C14H19ClN2O2. The van der Waals surface area contributed by atoms with E-state index in [-0.39, 0.29) is 12.0 Å². The van der Waals surface area contributed by atoms with Crippen molar-refractivity contribution in [1.29, 1.82) is 0 Å². The minimum atomic E-state index is -0.122. The lowest BCUT2D eigenvalue weighted by Gasteiger charge is -2.17. The summed E-state index contributed by atoms with van der Waals surface area (Å²) in [6.07, 6.45) is 2.24. The van der Waals surface area contributed by atoms with E-state index in [1.165, 1.54) is 0 Å². The van der Waals surface area contributed by atoms with Crippen LogP contribution in [-0.2, 0) is 4.74 Å². The second-order valence-electron chi connectivity index (χ2n) is 4.81. The fourth-order valence-corrected chi connectivity index (χ4v) is 2.55. The van der Waals surface area contributed by atoms with Gasteiger partial charge in [0, 0.05) is 24.6 Å². The van der Waals surface area contributed by atoms with Crippen LogP contribution >= 0.6 is 11.6 Å². The van der Waals surface area contributed by atoms with E-state index in [1.807, 2.05) is 0 Å². The smallest absolute Gasteiger partial charge is 0.251 e. The molecule has 1 saturated heterocycles. The highest BCUT2D eigenvalue weighted by Crippen LogP contribution is 2.23. The van der Waals surface area contributed by atoms with Crippen molar-refractivity contribution in [2.24, 2.45) is 5.92 Å². The van der Waals surface area contributed by atoms with Gasteiger partial charge in [-0.05, 0) is 31.0 Å². The van der Waals surface area contributed by atoms with Crippen molar-refractivity contribution in [3.63, 3.8) is 0 Å². The number of amides is 1. The summed E-state index contributed by atoms with van der Waals surface area (Å²) in [6, 6.07) is 4.92. The van der Waals surface area contributed by atoms with Crippen molar-refractivity contribution in [1.82, 2.24) is 5.32 Å². The van der Waals surface area contributed by atoms with E-state index in [9.17, 15) is 4.79 Å². The van der Waals surface area contributed by atoms with Gasteiger partial charge in [0.05, 0.1) is 16.8 Å². The standard InChI is InChI=1S/C14H19ClN2O2/c1-2-13-10(5-6-19-13)8-17-14(18)9-3-4-12(16)11(15)7-9/h3-4,7,10,13H,2,5-6,8,16H2,1H3,(H,17,18). The molecule has 0 saturated carbocycles. The number of carbonyl (C=O) groups excluding carboxylic acids is 1. The molecule has 104 valence electrons. The summed E-state index contributed by atoms with van der Waals surface area (Å²) in [6.45, 7) is 3.52. The van der Waals surface area contributed by atoms with Gasteiger partial charge in [-0.25, -0.2) is 0 Å². The molecular weight excluding hydrogens is 264 g/mol. The third-order valence-electron chi connectivity index (χ3n) is 3.54. The molecule has 1 heterocycles. The van der Waals surface area contributed by atoms with Crippen LogP contribution in [0.1, 0.15) is 30.1 Å². The zero-order valence-electron chi connectivity index (χ0n) is 11.0. The van der Waals surface area contributed by atoms with Crippen LogP contribution in [-0.4, -0.2) is 25.2 Å². The van der Waals surface area contributed by atoms with E-state index in [1.54, 1.807) is 18.2 Å². The summed E-state index contributed by atoms with van der Waals surface area (Å²) in [4.78, 5) is 12.0. The Morgan fingerprint density at radius 2 is 2.37 bits per heavy atom. The van der Waals surface area contributed by atoms with Crippen molar-refractivity contribution < 1.29 is 9.53 Å². The average molecular weight is 283 g/mol. The molecule has 1 fully saturated rings. The van der Waals surface area contributed by atoms with Gasteiger partial charge < -0.3 is 15.8 Å². The lowest BCUT2D eigenvalue weighted by Crippen LogP contribution is -2.32. The van der Waals surface area contributed by atoms with Crippen LogP contribution in [0.4, 0.5) is 5.69 Å². The van der Waals surface area contributed by atoms with E-state index >= 15 is 0 Å². The van der Waals surface area contributed by atoms with Crippen LogP contribution in [0.25, 0.3) is 0 Å². The van der Waals surface area contributed by atoms with Gasteiger partial charge in [0.2, 0.25) is 0 Å². The summed E-state index contributed by atoms with van der Waals surface area (Å²) in [5.41, 5.74) is 6.63. The van der Waals surface area contributed by atoms with E-state index in [4.69, 9.17) is 22.1 Å². The first-order chi connectivity index (χ1) is 9.11. The van der Waals surface area contributed by atoms with Gasteiger partial charge in [0.1, 0.15) is 0 Å². The van der Waals surface area contributed by atoms with E-state index in [0.717, 1.165) is 19.4 Å². The molecule has 2 atom stereocenters. The Labute approximate surface area is 118 Å². The molecule has 1 aromatic rings. The lowest BCUT2D eigenvalue weighted by molar-refractivity contribution is 0.0827. The summed E-state index contributed by atoms with van der Waals surface area (Å²) in [7, 11) is 0. The van der Waals surface area contributed by atoms with Crippen molar-refractivity contribution in [2.45, 2.75) is 25.9 Å². The number of hydrogen-bond acceptors (Lipinski definition) is 3. The molecule has 4 nitrogen and oxygen atoms in total. The molecule has 1 aliphatic rings. The maximum Gasteiger partial charge on any atom is 0.251 e. The number of nitrogens with two attached hydrogens (primary N) is 1.